The first-order valence-electron chi connectivity index (χ1n) is 8.83. The molecule has 0 bridgehead atoms. The van der Waals surface area contributed by atoms with Gasteiger partial charge in [0.15, 0.2) is 5.65 Å². The highest BCUT2D eigenvalue weighted by atomic mass is 19.1. The Morgan fingerprint density at radius 3 is 2.81 bits per heavy atom. The van der Waals surface area contributed by atoms with Crippen molar-refractivity contribution in [3.63, 3.8) is 0 Å². The molecule has 0 amide bonds. The van der Waals surface area contributed by atoms with Crippen molar-refractivity contribution >= 4 is 22.2 Å². The molecule has 0 radical (unpaired) electrons. The second-order valence-corrected chi connectivity index (χ2v) is 7.54. The fraction of sp³-hybridized carbons (Fsp3) is 0.278. The van der Waals surface area contributed by atoms with Gasteiger partial charge < -0.3 is 0 Å². The highest BCUT2D eigenvalue weighted by Crippen LogP contribution is 2.47. The van der Waals surface area contributed by atoms with Gasteiger partial charge in [-0.15, -0.1) is 15.3 Å². The summed E-state index contributed by atoms with van der Waals surface area (Å²) >= 11 is 0. The van der Waals surface area contributed by atoms with Gasteiger partial charge in [0.25, 0.3) is 12.0 Å². The van der Waals surface area contributed by atoms with Crippen molar-refractivity contribution in [2.45, 2.75) is 26.2 Å². The van der Waals surface area contributed by atoms with Crippen molar-refractivity contribution in [3.05, 3.63) is 48.4 Å². The van der Waals surface area contributed by atoms with E-state index in [1.54, 1.807) is 9.08 Å². The Balaban J connectivity index is 1.63. The van der Waals surface area contributed by atoms with Gasteiger partial charge in [0, 0.05) is 5.39 Å². The fourth-order valence-electron chi connectivity index (χ4n) is 3.67. The number of benzene rings is 1. The van der Waals surface area contributed by atoms with E-state index in [9.17, 15) is 4.39 Å². The largest absolute Gasteiger partial charge is 0.295 e. The summed E-state index contributed by atoms with van der Waals surface area (Å²) in [5.41, 5.74) is 3.11. The van der Waals surface area contributed by atoms with Crippen molar-refractivity contribution in [3.8, 4) is 5.95 Å². The lowest BCUT2D eigenvalue weighted by atomic mass is 10.0. The van der Waals surface area contributed by atoms with Crippen LogP contribution >= 0.6 is 0 Å². The van der Waals surface area contributed by atoms with Gasteiger partial charge in [-0.05, 0) is 36.8 Å². The standard InChI is InChI=1S/C18H15FN8/c1-18(6-7-18)8-11-10-25(24-21-11)17-23-22-15-12-4-2-3-5-13(12)26-14(27(15)17)9-20-16(26)19/h2-5,9-10H,6-8H2,1H3. The van der Waals surface area contributed by atoms with Crippen LogP contribution in [0.15, 0.2) is 36.7 Å². The summed E-state index contributed by atoms with van der Waals surface area (Å²) in [4.78, 5) is 3.85. The topological polar surface area (TPSA) is 78.2 Å². The lowest BCUT2D eigenvalue weighted by Crippen LogP contribution is -2.05. The summed E-state index contributed by atoms with van der Waals surface area (Å²) < 4.78 is 19.2. The average Bonchev–Trinajstić information content (AvgIpc) is 3.07. The summed E-state index contributed by atoms with van der Waals surface area (Å²) in [7, 11) is 0. The van der Waals surface area contributed by atoms with Crippen LogP contribution in [0.25, 0.3) is 28.1 Å². The molecule has 0 spiro atoms. The van der Waals surface area contributed by atoms with E-state index in [1.807, 2.05) is 30.5 Å². The van der Waals surface area contributed by atoms with Crippen LogP contribution in [-0.4, -0.2) is 39.0 Å². The molecule has 8 nitrogen and oxygen atoms in total. The molecule has 27 heavy (non-hydrogen) atoms. The Morgan fingerprint density at radius 2 is 1.96 bits per heavy atom. The molecule has 1 aromatic carbocycles. The van der Waals surface area contributed by atoms with Gasteiger partial charge in [0.2, 0.25) is 0 Å². The SMILES string of the molecule is CC1(Cc2cn(-c3nnc4c5ccccc5n5c(F)ncc5n34)nn2)CC1. The molecule has 0 saturated heterocycles. The summed E-state index contributed by atoms with van der Waals surface area (Å²) in [6.45, 7) is 2.25. The quantitative estimate of drug-likeness (QED) is 0.493. The van der Waals surface area contributed by atoms with Crippen molar-refractivity contribution in [2.24, 2.45) is 5.41 Å². The van der Waals surface area contributed by atoms with Crippen molar-refractivity contribution in [2.75, 3.05) is 0 Å². The molecular formula is C18H15FN8. The minimum absolute atomic E-state index is 0.339. The normalized spacial score (nSPS) is 15.9. The Morgan fingerprint density at radius 1 is 1.11 bits per heavy atom. The third kappa shape index (κ3) is 2.05. The zero-order valence-electron chi connectivity index (χ0n) is 14.5. The summed E-state index contributed by atoms with van der Waals surface area (Å²) in [6, 6.07) is 7.48. The molecule has 9 heteroatoms. The number of nitrogens with zero attached hydrogens (tertiary/aromatic N) is 8. The Kier molecular flexibility index (Phi) is 2.67. The predicted molar refractivity (Wildman–Crippen MR) is 95.2 cm³/mol. The first kappa shape index (κ1) is 14.8. The Hall–Kier alpha value is -3.36. The molecule has 4 heterocycles. The number of rotatable bonds is 3. The maximum Gasteiger partial charge on any atom is 0.295 e. The molecule has 0 N–H and O–H groups in total. The van der Waals surface area contributed by atoms with Gasteiger partial charge in [-0.1, -0.05) is 24.3 Å². The molecule has 0 unspecified atom stereocenters. The Bertz CT molecular complexity index is 1340. The lowest BCUT2D eigenvalue weighted by molar-refractivity contribution is 0.539. The minimum Gasteiger partial charge on any atom is -0.253 e. The van der Waals surface area contributed by atoms with E-state index in [4.69, 9.17) is 0 Å². The third-order valence-corrected chi connectivity index (χ3v) is 5.42. The maximum absolute atomic E-state index is 14.4. The van der Waals surface area contributed by atoms with E-state index in [0.29, 0.717) is 28.2 Å². The van der Waals surface area contributed by atoms with E-state index in [0.717, 1.165) is 17.5 Å². The molecule has 0 atom stereocenters. The molecule has 5 aromatic rings. The minimum atomic E-state index is -0.580. The van der Waals surface area contributed by atoms with Crippen LogP contribution in [0.5, 0.6) is 0 Å². The average molecular weight is 362 g/mol. The first-order valence-corrected chi connectivity index (χ1v) is 8.83. The van der Waals surface area contributed by atoms with Gasteiger partial charge in [0.05, 0.1) is 23.6 Å². The first-order chi connectivity index (χ1) is 13.1. The van der Waals surface area contributed by atoms with Crippen LogP contribution in [-0.2, 0) is 6.42 Å². The zero-order chi connectivity index (χ0) is 18.2. The highest BCUT2D eigenvalue weighted by molar-refractivity contribution is 5.94. The molecule has 0 aliphatic heterocycles. The van der Waals surface area contributed by atoms with E-state index in [2.05, 4.69) is 32.4 Å². The molecule has 1 aliphatic rings. The van der Waals surface area contributed by atoms with Crippen LogP contribution in [0, 0.1) is 11.5 Å². The van der Waals surface area contributed by atoms with Crippen LogP contribution in [0.1, 0.15) is 25.5 Å². The molecule has 1 aliphatic carbocycles. The van der Waals surface area contributed by atoms with E-state index in [-0.39, 0.29) is 0 Å². The highest BCUT2D eigenvalue weighted by Gasteiger charge is 2.38. The number of aromatic nitrogens is 8. The van der Waals surface area contributed by atoms with Gasteiger partial charge >= 0.3 is 0 Å². The fourth-order valence-corrected chi connectivity index (χ4v) is 3.67. The summed E-state index contributed by atoms with van der Waals surface area (Å²) in [5, 5.41) is 18.0. The van der Waals surface area contributed by atoms with Gasteiger partial charge in [-0.3, -0.25) is 4.40 Å². The molecule has 6 rings (SSSR count). The van der Waals surface area contributed by atoms with Crippen molar-refractivity contribution in [1.82, 2.24) is 39.0 Å². The summed E-state index contributed by atoms with van der Waals surface area (Å²) in [5.74, 6) is 0.459. The van der Waals surface area contributed by atoms with Crippen LogP contribution in [0.4, 0.5) is 4.39 Å². The van der Waals surface area contributed by atoms with E-state index < -0.39 is 6.08 Å². The second kappa shape index (κ2) is 4.87. The van der Waals surface area contributed by atoms with Crippen molar-refractivity contribution < 1.29 is 4.39 Å². The molecule has 1 saturated carbocycles. The van der Waals surface area contributed by atoms with Gasteiger partial charge in [-0.2, -0.15) is 9.07 Å². The molecule has 1 fully saturated rings. The van der Waals surface area contributed by atoms with Crippen molar-refractivity contribution in [1.29, 1.82) is 0 Å². The lowest BCUT2D eigenvalue weighted by Gasteiger charge is -2.07. The van der Waals surface area contributed by atoms with Crippen LogP contribution in [0.3, 0.4) is 0 Å². The number of hydrogen-bond donors (Lipinski definition) is 0. The Labute approximate surface area is 152 Å². The van der Waals surface area contributed by atoms with E-state index >= 15 is 0 Å². The van der Waals surface area contributed by atoms with Crippen LogP contribution < -0.4 is 0 Å². The maximum atomic E-state index is 14.4. The second-order valence-electron chi connectivity index (χ2n) is 7.54. The van der Waals surface area contributed by atoms with E-state index in [1.165, 1.54) is 23.4 Å². The molecule has 4 aromatic heterocycles. The number of para-hydroxylation sites is 1. The third-order valence-electron chi connectivity index (χ3n) is 5.42. The smallest absolute Gasteiger partial charge is 0.253 e. The number of fused-ring (bicyclic) bond motifs is 6. The van der Waals surface area contributed by atoms with Gasteiger partial charge in [0.1, 0.15) is 5.65 Å². The summed E-state index contributed by atoms with van der Waals surface area (Å²) in [6.07, 6.45) is 6.10. The monoisotopic (exact) mass is 362 g/mol. The molecule has 134 valence electrons. The zero-order valence-corrected chi connectivity index (χ0v) is 14.5. The molecular weight excluding hydrogens is 347 g/mol. The van der Waals surface area contributed by atoms with Crippen LogP contribution in [0.2, 0.25) is 0 Å². The predicted octanol–water partition coefficient (Wildman–Crippen LogP) is 2.59. The number of hydrogen-bond acceptors (Lipinski definition) is 5. The number of halogens is 1. The number of imidazole rings is 1. The van der Waals surface area contributed by atoms with Gasteiger partial charge in [-0.25, -0.2) is 9.38 Å².